The summed E-state index contributed by atoms with van der Waals surface area (Å²) < 4.78 is 0. The Morgan fingerprint density at radius 3 is 2.59 bits per heavy atom. The standard InChI is InChI=1S/C12H21N3OS/c1-3-5-9(6-7-13)8-15-11(12(14)16)10(17)4-2/h9,11,15H,3-6,8H2,1-2H3,(H2,14,16)/t9-,11+/m1/s1. The van der Waals surface area contributed by atoms with Crippen LogP contribution in [0.5, 0.6) is 0 Å². The van der Waals surface area contributed by atoms with E-state index in [4.69, 9.17) is 23.2 Å². The van der Waals surface area contributed by atoms with E-state index in [-0.39, 0.29) is 5.92 Å². The minimum atomic E-state index is -0.548. The van der Waals surface area contributed by atoms with Crippen molar-refractivity contribution in [2.45, 2.75) is 45.6 Å². The number of nitrogens with two attached hydrogens (primary N) is 1. The molecule has 0 aromatic heterocycles. The first-order chi connectivity index (χ1) is 8.06. The largest absolute Gasteiger partial charge is 0.368 e. The first kappa shape index (κ1) is 16.0. The Bertz CT molecular complexity index is 299. The van der Waals surface area contributed by atoms with E-state index in [1.807, 2.05) is 6.92 Å². The molecule has 0 unspecified atom stereocenters. The molecule has 0 fully saturated rings. The molecule has 0 aliphatic rings. The maximum Gasteiger partial charge on any atom is 0.239 e. The number of nitrogens with zero attached hydrogens (tertiary/aromatic N) is 1. The van der Waals surface area contributed by atoms with Crippen molar-refractivity contribution in [3.8, 4) is 6.07 Å². The Kier molecular flexibility index (Phi) is 8.55. The second-order valence-corrected chi connectivity index (χ2v) is 4.60. The lowest BCUT2D eigenvalue weighted by Crippen LogP contribution is -2.47. The summed E-state index contributed by atoms with van der Waals surface area (Å²) in [5.74, 6) is -0.185. The Labute approximate surface area is 109 Å². The summed E-state index contributed by atoms with van der Waals surface area (Å²) in [4.78, 5) is 11.9. The van der Waals surface area contributed by atoms with Crippen molar-refractivity contribution < 1.29 is 4.79 Å². The van der Waals surface area contributed by atoms with Gasteiger partial charge < -0.3 is 11.1 Å². The molecule has 96 valence electrons. The highest BCUT2D eigenvalue weighted by atomic mass is 32.1. The Hall–Kier alpha value is -0.990. The second kappa shape index (κ2) is 9.08. The number of carbonyl (C=O) groups is 1. The number of amides is 1. The average molecular weight is 255 g/mol. The zero-order chi connectivity index (χ0) is 13.3. The SMILES string of the molecule is CCC[C@H](CC#N)CN[C@H](C(N)=O)C(=S)CC. The van der Waals surface area contributed by atoms with E-state index in [0.717, 1.165) is 12.8 Å². The van der Waals surface area contributed by atoms with Gasteiger partial charge in [0.25, 0.3) is 0 Å². The number of rotatable bonds is 9. The van der Waals surface area contributed by atoms with Gasteiger partial charge >= 0.3 is 0 Å². The van der Waals surface area contributed by atoms with Crippen molar-refractivity contribution >= 4 is 23.0 Å². The van der Waals surface area contributed by atoms with Crippen molar-refractivity contribution in [2.24, 2.45) is 11.7 Å². The predicted octanol–water partition coefficient (Wildman–Crippen LogP) is 1.54. The van der Waals surface area contributed by atoms with Crippen LogP contribution in [-0.2, 0) is 4.79 Å². The third-order valence-corrected chi connectivity index (χ3v) is 3.17. The highest BCUT2D eigenvalue weighted by Gasteiger charge is 2.20. The van der Waals surface area contributed by atoms with Crippen molar-refractivity contribution in [1.82, 2.24) is 5.32 Å². The molecule has 0 rings (SSSR count). The highest BCUT2D eigenvalue weighted by Crippen LogP contribution is 2.09. The lowest BCUT2D eigenvalue weighted by atomic mass is 9.99. The van der Waals surface area contributed by atoms with Crippen LogP contribution in [0.15, 0.2) is 0 Å². The lowest BCUT2D eigenvalue weighted by Gasteiger charge is -2.19. The van der Waals surface area contributed by atoms with Crippen LogP contribution in [-0.4, -0.2) is 23.4 Å². The maximum absolute atomic E-state index is 11.2. The van der Waals surface area contributed by atoms with Crippen molar-refractivity contribution in [2.75, 3.05) is 6.54 Å². The third kappa shape index (κ3) is 6.35. The number of carbonyl (C=O) groups excluding carboxylic acids is 1. The van der Waals surface area contributed by atoms with Gasteiger partial charge in [-0.3, -0.25) is 4.79 Å². The number of thiocarbonyl (C=S) groups is 1. The van der Waals surface area contributed by atoms with Crippen LogP contribution in [0.1, 0.15) is 39.5 Å². The van der Waals surface area contributed by atoms with E-state index in [1.165, 1.54) is 0 Å². The van der Waals surface area contributed by atoms with Gasteiger partial charge in [-0.15, -0.1) is 0 Å². The van der Waals surface area contributed by atoms with Gasteiger partial charge in [-0.2, -0.15) is 5.26 Å². The van der Waals surface area contributed by atoms with Crippen LogP contribution in [0.25, 0.3) is 0 Å². The molecule has 0 saturated heterocycles. The fourth-order valence-electron chi connectivity index (χ4n) is 1.68. The van der Waals surface area contributed by atoms with Gasteiger partial charge in [-0.1, -0.05) is 32.5 Å². The van der Waals surface area contributed by atoms with Crippen LogP contribution in [0.2, 0.25) is 0 Å². The highest BCUT2D eigenvalue weighted by molar-refractivity contribution is 7.80. The molecule has 0 spiro atoms. The Morgan fingerprint density at radius 1 is 1.53 bits per heavy atom. The van der Waals surface area contributed by atoms with Crippen LogP contribution in [0.3, 0.4) is 0 Å². The molecular weight excluding hydrogens is 234 g/mol. The molecule has 0 saturated carbocycles. The molecule has 5 heteroatoms. The minimum absolute atomic E-state index is 0.256. The van der Waals surface area contributed by atoms with Crippen LogP contribution >= 0.6 is 12.2 Å². The molecule has 0 aromatic rings. The molecule has 1 amide bonds. The average Bonchev–Trinajstić information content (AvgIpc) is 2.28. The Morgan fingerprint density at radius 2 is 2.18 bits per heavy atom. The second-order valence-electron chi connectivity index (χ2n) is 4.08. The summed E-state index contributed by atoms with van der Waals surface area (Å²) in [5, 5.41) is 11.8. The zero-order valence-electron chi connectivity index (χ0n) is 10.5. The van der Waals surface area contributed by atoms with Crippen LogP contribution < -0.4 is 11.1 Å². The summed E-state index contributed by atoms with van der Waals surface area (Å²) in [6.07, 6.45) is 3.12. The number of hydrogen-bond donors (Lipinski definition) is 2. The maximum atomic E-state index is 11.2. The van der Waals surface area contributed by atoms with E-state index < -0.39 is 11.9 Å². The van der Waals surface area contributed by atoms with Crippen LogP contribution in [0.4, 0.5) is 0 Å². The first-order valence-corrected chi connectivity index (χ1v) is 6.39. The normalized spacial score (nSPS) is 13.7. The molecule has 2 atom stereocenters. The molecular formula is C12H21N3OS. The fraction of sp³-hybridized carbons (Fsp3) is 0.750. The van der Waals surface area contributed by atoms with Gasteiger partial charge in [0.15, 0.2) is 0 Å². The molecule has 0 aliphatic carbocycles. The lowest BCUT2D eigenvalue weighted by molar-refractivity contribution is -0.118. The third-order valence-electron chi connectivity index (χ3n) is 2.64. The van der Waals surface area contributed by atoms with Crippen molar-refractivity contribution in [3.63, 3.8) is 0 Å². The molecule has 0 aromatic carbocycles. The summed E-state index contributed by atoms with van der Waals surface area (Å²) in [7, 11) is 0. The van der Waals surface area contributed by atoms with Crippen molar-refractivity contribution in [3.05, 3.63) is 0 Å². The summed E-state index contributed by atoms with van der Waals surface area (Å²) in [5.41, 5.74) is 5.29. The molecule has 0 aliphatic heterocycles. The van der Waals surface area contributed by atoms with E-state index in [9.17, 15) is 4.79 Å². The summed E-state index contributed by atoms with van der Waals surface area (Å²) in [6.45, 7) is 4.58. The predicted molar refractivity (Wildman–Crippen MR) is 72.5 cm³/mol. The van der Waals surface area contributed by atoms with Gasteiger partial charge in [-0.05, 0) is 18.8 Å². The van der Waals surface area contributed by atoms with Crippen LogP contribution in [0, 0.1) is 17.2 Å². The van der Waals surface area contributed by atoms with Gasteiger partial charge in [0, 0.05) is 17.8 Å². The van der Waals surface area contributed by atoms with Gasteiger partial charge in [0.1, 0.15) is 6.04 Å². The van der Waals surface area contributed by atoms with Gasteiger partial charge in [-0.25, -0.2) is 0 Å². The molecule has 0 radical (unpaired) electrons. The smallest absolute Gasteiger partial charge is 0.239 e. The minimum Gasteiger partial charge on any atom is -0.368 e. The van der Waals surface area contributed by atoms with E-state index >= 15 is 0 Å². The zero-order valence-corrected chi connectivity index (χ0v) is 11.3. The monoisotopic (exact) mass is 255 g/mol. The summed E-state index contributed by atoms with van der Waals surface area (Å²) >= 11 is 5.11. The molecule has 17 heavy (non-hydrogen) atoms. The molecule has 3 N–H and O–H groups in total. The first-order valence-electron chi connectivity index (χ1n) is 5.99. The fourth-order valence-corrected chi connectivity index (χ4v) is 1.87. The van der Waals surface area contributed by atoms with E-state index in [2.05, 4.69) is 18.3 Å². The number of hydrogen-bond acceptors (Lipinski definition) is 4. The van der Waals surface area contributed by atoms with E-state index in [1.54, 1.807) is 0 Å². The van der Waals surface area contributed by atoms with Crippen molar-refractivity contribution in [1.29, 1.82) is 5.26 Å². The molecule has 4 nitrogen and oxygen atoms in total. The van der Waals surface area contributed by atoms with E-state index in [0.29, 0.717) is 24.3 Å². The molecule has 0 heterocycles. The van der Waals surface area contributed by atoms with Gasteiger partial charge in [0.2, 0.25) is 5.91 Å². The molecule has 0 bridgehead atoms. The van der Waals surface area contributed by atoms with Gasteiger partial charge in [0.05, 0.1) is 6.07 Å². The number of nitrogens with one attached hydrogen (secondary N) is 1. The summed E-state index contributed by atoms with van der Waals surface area (Å²) in [6, 6.07) is 1.61. The number of primary amides is 1. The Balaban J connectivity index is 4.31. The topological polar surface area (TPSA) is 78.9 Å². The quantitative estimate of drug-likeness (QED) is 0.613. The number of nitriles is 1.